The Morgan fingerprint density at radius 3 is 2.57 bits per heavy atom. The molecular weight excluding hydrogens is 174 g/mol. The smallest absolute Gasteiger partial charge is 0.0649 e. The Hall–Kier alpha value is -1.61. The van der Waals surface area contributed by atoms with E-state index >= 15 is 0 Å². The van der Waals surface area contributed by atoms with Gasteiger partial charge in [-0.3, -0.25) is 0 Å². The topological polar surface area (TPSA) is 43.8 Å². The van der Waals surface area contributed by atoms with Gasteiger partial charge in [-0.2, -0.15) is 5.10 Å². The molecule has 1 heterocycles. The van der Waals surface area contributed by atoms with Gasteiger partial charge in [-0.1, -0.05) is 17.7 Å². The van der Waals surface area contributed by atoms with Crippen molar-refractivity contribution in [2.45, 2.75) is 13.5 Å². The van der Waals surface area contributed by atoms with E-state index in [0.717, 1.165) is 11.4 Å². The molecule has 0 amide bonds. The zero-order valence-corrected chi connectivity index (χ0v) is 8.14. The highest BCUT2D eigenvalue weighted by Crippen LogP contribution is 2.10. The first kappa shape index (κ1) is 8.97. The third-order valence-electron chi connectivity index (χ3n) is 2.21. The average molecular weight is 187 g/mol. The summed E-state index contributed by atoms with van der Waals surface area (Å²) in [7, 11) is 0. The number of aryl methyl sites for hydroxylation is 1. The fourth-order valence-corrected chi connectivity index (χ4v) is 1.40. The zero-order chi connectivity index (χ0) is 9.97. The molecule has 3 nitrogen and oxygen atoms in total. The molecule has 0 fully saturated rings. The van der Waals surface area contributed by atoms with E-state index in [-0.39, 0.29) is 0 Å². The van der Waals surface area contributed by atoms with E-state index in [9.17, 15) is 0 Å². The van der Waals surface area contributed by atoms with Gasteiger partial charge in [0.05, 0.1) is 11.4 Å². The Morgan fingerprint density at radius 2 is 1.93 bits per heavy atom. The van der Waals surface area contributed by atoms with Crippen LogP contribution in [0.2, 0.25) is 0 Å². The van der Waals surface area contributed by atoms with Crippen LogP contribution >= 0.6 is 0 Å². The monoisotopic (exact) mass is 187 g/mol. The number of nitrogens with zero attached hydrogens (tertiary/aromatic N) is 2. The fraction of sp³-hybridized carbons (Fsp3) is 0.182. The van der Waals surface area contributed by atoms with Crippen LogP contribution in [0, 0.1) is 6.92 Å². The van der Waals surface area contributed by atoms with E-state index in [1.54, 1.807) is 6.20 Å². The highest BCUT2D eigenvalue weighted by molar-refractivity contribution is 5.34. The molecule has 0 aliphatic rings. The highest BCUT2D eigenvalue weighted by atomic mass is 15.3. The van der Waals surface area contributed by atoms with Crippen LogP contribution in [0.15, 0.2) is 36.5 Å². The van der Waals surface area contributed by atoms with Crippen LogP contribution in [0.4, 0.5) is 0 Å². The second-order valence-corrected chi connectivity index (χ2v) is 3.27. The summed E-state index contributed by atoms with van der Waals surface area (Å²) < 4.78 is 1.86. The van der Waals surface area contributed by atoms with Crippen molar-refractivity contribution in [3.8, 4) is 5.69 Å². The maximum atomic E-state index is 5.60. The Bertz CT molecular complexity index is 414. The van der Waals surface area contributed by atoms with Gasteiger partial charge in [-0.05, 0) is 25.1 Å². The van der Waals surface area contributed by atoms with Gasteiger partial charge in [0, 0.05) is 12.7 Å². The van der Waals surface area contributed by atoms with Gasteiger partial charge in [0.25, 0.3) is 0 Å². The molecule has 2 rings (SSSR count). The molecule has 14 heavy (non-hydrogen) atoms. The van der Waals surface area contributed by atoms with Crippen molar-refractivity contribution in [2.75, 3.05) is 0 Å². The van der Waals surface area contributed by atoms with Crippen molar-refractivity contribution >= 4 is 0 Å². The van der Waals surface area contributed by atoms with Crippen molar-refractivity contribution in [1.29, 1.82) is 0 Å². The Kier molecular flexibility index (Phi) is 2.33. The summed E-state index contributed by atoms with van der Waals surface area (Å²) in [5, 5.41) is 4.22. The Balaban J connectivity index is 2.44. The van der Waals surface area contributed by atoms with E-state index in [2.05, 4.69) is 24.2 Å². The van der Waals surface area contributed by atoms with E-state index in [1.165, 1.54) is 5.56 Å². The van der Waals surface area contributed by atoms with Crippen LogP contribution in [-0.4, -0.2) is 9.78 Å². The van der Waals surface area contributed by atoms with Crippen molar-refractivity contribution in [1.82, 2.24) is 9.78 Å². The summed E-state index contributed by atoms with van der Waals surface area (Å²) in [4.78, 5) is 0. The molecule has 1 aromatic heterocycles. The number of aromatic nitrogens is 2. The highest BCUT2D eigenvalue weighted by Gasteiger charge is 2.01. The van der Waals surface area contributed by atoms with Crippen molar-refractivity contribution in [2.24, 2.45) is 5.73 Å². The predicted octanol–water partition coefficient (Wildman–Crippen LogP) is 1.64. The van der Waals surface area contributed by atoms with Crippen molar-refractivity contribution < 1.29 is 0 Å². The first-order valence-corrected chi connectivity index (χ1v) is 4.61. The van der Waals surface area contributed by atoms with Gasteiger partial charge in [-0.25, -0.2) is 4.68 Å². The lowest BCUT2D eigenvalue weighted by molar-refractivity contribution is 0.803. The van der Waals surface area contributed by atoms with Crippen LogP contribution in [-0.2, 0) is 6.54 Å². The maximum absolute atomic E-state index is 5.60. The SMILES string of the molecule is Cc1ccc(-n2nccc2CN)cc1. The van der Waals surface area contributed by atoms with Gasteiger partial charge in [0.1, 0.15) is 0 Å². The normalized spacial score (nSPS) is 10.4. The Morgan fingerprint density at radius 1 is 1.21 bits per heavy atom. The standard InChI is InChI=1S/C11H13N3/c1-9-2-4-10(5-3-9)14-11(8-12)6-7-13-14/h2-7H,8,12H2,1H3. The molecule has 72 valence electrons. The van der Waals surface area contributed by atoms with E-state index in [1.807, 2.05) is 22.9 Å². The number of nitrogens with two attached hydrogens (primary N) is 1. The van der Waals surface area contributed by atoms with Crippen LogP contribution in [0.5, 0.6) is 0 Å². The molecule has 0 saturated carbocycles. The lowest BCUT2D eigenvalue weighted by Crippen LogP contribution is -2.06. The van der Waals surface area contributed by atoms with Gasteiger partial charge >= 0.3 is 0 Å². The summed E-state index contributed by atoms with van der Waals surface area (Å²) in [5.74, 6) is 0. The minimum absolute atomic E-state index is 0.508. The molecule has 0 bridgehead atoms. The second-order valence-electron chi connectivity index (χ2n) is 3.27. The number of hydrogen-bond donors (Lipinski definition) is 1. The number of hydrogen-bond acceptors (Lipinski definition) is 2. The van der Waals surface area contributed by atoms with Crippen LogP contribution in [0.3, 0.4) is 0 Å². The zero-order valence-electron chi connectivity index (χ0n) is 8.14. The molecule has 2 N–H and O–H groups in total. The van der Waals surface area contributed by atoms with Gasteiger partial charge < -0.3 is 5.73 Å². The first-order valence-electron chi connectivity index (χ1n) is 4.61. The lowest BCUT2D eigenvalue weighted by atomic mass is 10.2. The van der Waals surface area contributed by atoms with E-state index < -0.39 is 0 Å². The molecular formula is C11H13N3. The predicted molar refractivity (Wildman–Crippen MR) is 56.2 cm³/mol. The van der Waals surface area contributed by atoms with Crippen LogP contribution in [0.1, 0.15) is 11.3 Å². The molecule has 3 heteroatoms. The third kappa shape index (κ3) is 1.54. The van der Waals surface area contributed by atoms with E-state index in [0.29, 0.717) is 6.54 Å². The average Bonchev–Trinajstić information content (AvgIpc) is 2.67. The van der Waals surface area contributed by atoms with Crippen molar-refractivity contribution in [3.63, 3.8) is 0 Å². The summed E-state index contributed by atoms with van der Waals surface area (Å²) >= 11 is 0. The summed E-state index contributed by atoms with van der Waals surface area (Å²) in [6, 6.07) is 10.2. The van der Waals surface area contributed by atoms with Gasteiger partial charge in [0.2, 0.25) is 0 Å². The lowest BCUT2D eigenvalue weighted by Gasteiger charge is -2.05. The third-order valence-corrected chi connectivity index (χ3v) is 2.21. The van der Waals surface area contributed by atoms with Crippen LogP contribution < -0.4 is 5.73 Å². The molecule has 0 unspecified atom stereocenters. The van der Waals surface area contributed by atoms with Crippen molar-refractivity contribution in [3.05, 3.63) is 47.8 Å². The summed E-state index contributed by atoms with van der Waals surface area (Å²) in [6.45, 7) is 2.57. The maximum Gasteiger partial charge on any atom is 0.0649 e. The number of benzene rings is 1. The van der Waals surface area contributed by atoms with Gasteiger partial charge in [-0.15, -0.1) is 0 Å². The molecule has 1 aromatic carbocycles. The quantitative estimate of drug-likeness (QED) is 0.776. The second kappa shape index (κ2) is 3.64. The molecule has 0 aliphatic carbocycles. The minimum Gasteiger partial charge on any atom is -0.325 e. The van der Waals surface area contributed by atoms with Crippen LogP contribution in [0.25, 0.3) is 5.69 Å². The van der Waals surface area contributed by atoms with Gasteiger partial charge in [0.15, 0.2) is 0 Å². The molecule has 0 radical (unpaired) electrons. The fourth-order valence-electron chi connectivity index (χ4n) is 1.40. The minimum atomic E-state index is 0.508. The largest absolute Gasteiger partial charge is 0.325 e. The molecule has 0 saturated heterocycles. The number of rotatable bonds is 2. The first-order chi connectivity index (χ1) is 6.81. The molecule has 0 spiro atoms. The Labute approximate surface area is 83.2 Å². The van der Waals surface area contributed by atoms with E-state index in [4.69, 9.17) is 5.73 Å². The molecule has 0 atom stereocenters. The molecule has 2 aromatic rings. The molecule has 0 aliphatic heterocycles. The summed E-state index contributed by atoms with van der Waals surface area (Å²) in [5.41, 5.74) is 8.93. The summed E-state index contributed by atoms with van der Waals surface area (Å²) in [6.07, 6.45) is 1.77.